The van der Waals surface area contributed by atoms with E-state index in [-0.39, 0.29) is 24.3 Å². The summed E-state index contributed by atoms with van der Waals surface area (Å²) in [5.41, 5.74) is 0.0907. The minimum Gasteiger partial charge on any atom is -0.335 e. The normalized spacial score (nSPS) is 24.8. The van der Waals surface area contributed by atoms with Crippen molar-refractivity contribution in [3.8, 4) is 0 Å². The summed E-state index contributed by atoms with van der Waals surface area (Å²) < 4.78 is 0. The first kappa shape index (κ1) is 14.1. The average Bonchev–Trinajstić information content (AvgIpc) is 3.10. The fraction of sp³-hybridized carbons (Fsp3) is 0.500. The van der Waals surface area contributed by atoms with E-state index in [1.54, 1.807) is 4.90 Å². The van der Waals surface area contributed by atoms with Crippen LogP contribution in [0.25, 0.3) is 0 Å². The van der Waals surface area contributed by atoms with Crippen molar-refractivity contribution in [3.63, 3.8) is 0 Å². The Hall–Kier alpha value is -1.89. The first-order valence-corrected chi connectivity index (χ1v) is 7.81. The van der Waals surface area contributed by atoms with Crippen molar-refractivity contribution >= 4 is 29.2 Å². The lowest BCUT2D eigenvalue weighted by atomic mass is 9.99. The zero-order valence-electron chi connectivity index (χ0n) is 11.9. The summed E-state index contributed by atoms with van der Waals surface area (Å²) in [5.74, 6) is -0.112. The monoisotopic (exact) mass is 307 g/mol. The largest absolute Gasteiger partial charge is 0.335 e. The molecule has 2 aliphatic rings. The lowest BCUT2D eigenvalue weighted by Gasteiger charge is -2.21. The molecule has 0 bridgehead atoms. The van der Waals surface area contributed by atoms with Crippen molar-refractivity contribution in [1.29, 1.82) is 0 Å². The second kappa shape index (κ2) is 4.84. The first-order valence-electron chi connectivity index (χ1n) is 6.93. The number of carbonyl (C=O) groups excluding carboxylic acids is 3. The number of nitrogens with zero attached hydrogens (tertiary/aromatic N) is 1. The maximum Gasteiger partial charge on any atom is 0.322 e. The van der Waals surface area contributed by atoms with Crippen molar-refractivity contribution in [2.75, 3.05) is 13.1 Å². The molecule has 3 heterocycles. The minimum absolute atomic E-state index is 0.0560. The zero-order valence-corrected chi connectivity index (χ0v) is 12.8. The number of hydrogen-bond acceptors (Lipinski definition) is 4. The van der Waals surface area contributed by atoms with E-state index in [2.05, 4.69) is 24.5 Å². The predicted molar refractivity (Wildman–Crippen MR) is 78.3 cm³/mol. The molecule has 1 aromatic rings. The molecule has 0 saturated carbocycles. The van der Waals surface area contributed by atoms with E-state index >= 15 is 0 Å². The van der Waals surface area contributed by atoms with Crippen LogP contribution < -0.4 is 10.6 Å². The van der Waals surface area contributed by atoms with E-state index in [1.807, 2.05) is 11.4 Å². The summed E-state index contributed by atoms with van der Waals surface area (Å²) >= 11 is 1.43. The summed E-state index contributed by atoms with van der Waals surface area (Å²) in [5, 5.41) is 6.82. The average molecular weight is 307 g/mol. The van der Waals surface area contributed by atoms with Crippen molar-refractivity contribution in [3.05, 3.63) is 21.9 Å². The highest BCUT2D eigenvalue weighted by molar-refractivity contribution is 7.12. The summed E-state index contributed by atoms with van der Waals surface area (Å²) in [6.07, 6.45) is 0.457. The van der Waals surface area contributed by atoms with Gasteiger partial charge in [0, 0.05) is 6.54 Å². The van der Waals surface area contributed by atoms with Gasteiger partial charge >= 0.3 is 6.03 Å². The van der Waals surface area contributed by atoms with E-state index < -0.39 is 11.6 Å². The third-order valence-corrected chi connectivity index (χ3v) is 5.00. The maximum atomic E-state index is 12.7. The van der Waals surface area contributed by atoms with E-state index in [4.69, 9.17) is 0 Å². The molecule has 7 heteroatoms. The fourth-order valence-electron chi connectivity index (χ4n) is 2.89. The second-order valence-electron chi connectivity index (χ2n) is 5.83. The Labute approximate surface area is 126 Å². The number of amides is 4. The molecule has 112 valence electrons. The van der Waals surface area contributed by atoms with Crippen LogP contribution in [-0.2, 0) is 4.79 Å². The van der Waals surface area contributed by atoms with Crippen LogP contribution in [0.15, 0.2) is 11.4 Å². The Balaban J connectivity index is 1.80. The van der Waals surface area contributed by atoms with Crippen LogP contribution in [0.5, 0.6) is 0 Å². The molecule has 21 heavy (non-hydrogen) atoms. The van der Waals surface area contributed by atoms with Crippen molar-refractivity contribution < 1.29 is 14.4 Å². The van der Waals surface area contributed by atoms with Crippen LogP contribution >= 0.6 is 11.3 Å². The second-order valence-corrected chi connectivity index (χ2v) is 6.74. The molecule has 0 aromatic carbocycles. The third kappa shape index (κ3) is 2.21. The lowest BCUT2D eigenvalue weighted by molar-refractivity contribution is -0.123. The number of carbonyl (C=O) groups is 3. The summed E-state index contributed by atoms with van der Waals surface area (Å²) in [6.45, 7) is 4.81. The van der Waals surface area contributed by atoms with Gasteiger partial charge in [-0.05, 0) is 29.3 Å². The van der Waals surface area contributed by atoms with Gasteiger partial charge in [-0.25, -0.2) is 4.79 Å². The number of thiophene rings is 1. The molecule has 2 saturated heterocycles. The zero-order chi connectivity index (χ0) is 15.2. The van der Waals surface area contributed by atoms with E-state index in [0.29, 0.717) is 13.0 Å². The van der Waals surface area contributed by atoms with Crippen molar-refractivity contribution in [2.24, 2.45) is 0 Å². The Kier molecular flexibility index (Phi) is 3.24. The van der Waals surface area contributed by atoms with Crippen molar-refractivity contribution in [2.45, 2.75) is 31.7 Å². The van der Waals surface area contributed by atoms with Crippen LogP contribution in [0, 0.1) is 0 Å². The highest BCUT2D eigenvalue weighted by Gasteiger charge is 2.51. The predicted octanol–water partition coefficient (Wildman–Crippen LogP) is 1.30. The Bertz CT molecular complexity index is 625. The van der Waals surface area contributed by atoms with Gasteiger partial charge in [0.1, 0.15) is 5.54 Å². The number of likely N-dealkylation sites (tertiary alicyclic amines) is 1. The number of imide groups is 1. The van der Waals surface area contributed by atoms with Crippen LogP contribution in [0.4, 0.5) is 4.79 Å². The molecule has 2 fully saturated rings. The molecule has 0 aliphatic carbocycles. The van der Waals surface area contributed by atoms with Gasteiger partial charge in [0.25, 0.3) is 11.8 Å². The molecule has 0 radical (unpaired) electrons. The third-order valence-electron chi connectivity index (χ3n) is 4.08. The Morgan fingerprint density at radius 2 is 2.19 bits per heavy atom. The summed E-state index contributed by atoms with van der Waals surface area (Å²) in [7, 11) is 0. The maximum absolute atomic E-state index is 12.7. The molecule has 3 rings (SSSR count). The van der Waals surface area contributed by atoms with Gasteiger partial charge in [-0.2, -0.15) is 0 Å². The molecule has 0 unspecified atom stereocenters. The topological polar surface area (TPSA) is 78.5 Å². The van der Waals surface area contributed by atoms with Gasteiger partial charge in [-0.1, -0.05) is 13.8 Å². The number of nitrogens with one attached hydrogen (secondary N) is 2. The van der Waals surface area contributed by atoms with Crippen molar-refractivity contribution in [1.82, 2.24) is 15.5 Å². The molecule has 4 amide bonds. The van der Waals surface area contributed by atoms with E-state index in [0.717, 1.165) is 10.4 Å². The number of urea groups is 1. The van der Waals surface area contributed by atoms with E-state index in [1.165, 1.54) is 11.3 Å². The Morgan fingerprint density at radius 1 is 1.43 bits per heavy atom. The highest BCUT2D eigenvalue weighted by atomic mass is 32.1. The smallest absolute Gasteiger partial charge is 0.322 e. The molecule has 1 atom stereocenters. The molecule has 1 aromatic heterocycles. The minimum atomic E-state index is -0.942. The van der Waals surface area contributed by atoms with Crippen LogP contribution in [0.2, 0.25) is 0 Å². The van der Waals surface area contributed by atoms with Gasteiger partial charge in [0.05, 0.1) is 11.4 Å². The van der Waals surface area contributed by atoms with Gasteiger partial charge in [-0.15, -0.1) is 11.3 Å². The van der Waals surface area contributed by atoms with E-state index in [9.17, 15) is 14.4 Å². The quantitative estimate of drug-likeness (QED) is 0.808. The van der Waals surface area contributed by atoms with Gasteiger partial charge in [0.15, 0.2) is 0 Å². The van der Waals surface area contributed by atoms with Gasteiger partial charge in [-0.3, -0.25) is 14.9 Å². The van der Waals surface area contributed by atoms with Gasteiger partial charge < -0.3 is 10.2 Å². The molecule has 1 spiro atoms. The van der Waals surface area contributed by atoms with Gasteiger partial charge in [0.2, 0.25) is 0 Å². The number of hydrogen-bond donors (Lipinski definition) is 2. The first-order chi connectivity index (χ1) is 9.93. The standard InChI is InChI=1S/C14H17N3O3S/c1-8(2)9-3-6-21-10(9)11(18)17-5-4-14(7-17)12(19)15-13(20)16-14/h3,6,8H,4-5,7H2,1-2H3,(H2,15,16,19,20)/t14-/m1/s1. The molecular weight excluding hydrogens is 290 g/mol. The molecule has 2 aliphatic heterocycles. The SMILES string of the molecule is CC(C)c1ccsc1C(=O)N1CC[C@]2(C1)NC(=O)NC2=O. The van der Waals surface area contributed by atoms with Crippen LogP contribution in [-0.4, -0.2) is 41.4 Å². The fourth-order valence-corrected chi connectivity index (χ4v) is 3.91. The number of rotatable bonds is 2. The molecule has 6 nitrogen and oxygen atoms in total. The molecule has 2 N–H and O–H groups in total. The summed E-state index contributed by atoms with van der Waals surface area (Å²) in [4.78, 5) is 38.3. The highest BCUT2D eigenvalue weighted by Crippen LogP contribution is 2.30. The van der Waals surface area contributed by atoms with Crippen LogP contribution in [0.1, 0.15) is 41.4 Å². The summed E-state index contributed by atoms with van der Waals surface area (Å²) in [6, 6.07) is 1.49. The molecular formula is C14H17N3O3S. The Morgan fingerprint density at radius 3 is 2.81 bits per heavy atom. The lowest BCUT2D eigenvalue weighted by Crippen LogP contribution is -2.49. The van der Waals surface area contributed by atoms with Crippen LogP contribution in [0.3, 0.4) is 0 Å².